The number of fused-ring (bicyclic) bond motifs is 1. The van der Waals surface area contributed by atoms with Gasteiger partial charge >= 0.3 is 6.18 Å². The predicted molar refractivity (Wildman–Crippen MR) is 46.9 cm³/mol. The Hall–Kier alpha value is -1.03. The zero-order valence-electron chi connectivity index (χ0n) is 7.43. The van der Waals surface area contributed by atoms with Crippen LogP contribution in [0.2, 0.25) is 0 Å². The van der Waals surface area contributed by atoms with Gasteiger partial charge in [-0.1, -0.05) is 24.3 Å². The van der Waals surface area contributed by atoms with Crippen LogP contribution in [-0.4, -0.2) is 12.7 Å². The first-order valence-electron chi connectivity index (χ1n) is 4.47. The number of rotatable bonds is 0. The van der Waals surface area contributed by atoms with E-state index in [1.165, 1.54) is 0 Å². The second kappa shape index (κ2) is 3.28. The summed E-state index contributed by atoms with van der Waals surface area (Å²) in [5.74, 6) is 0. The molecule has 0 bridgehead atoms. The Bertz CT molecular complexity index is 332. The van der Waals surface area contributed by atoms with Gasteiger partial charge in [0.1, 0.15) is 6.04 Å². The van der Waals surface area contributed by atoms with E-state index in [2.05, 4.69) is 5.32 Å². The van der Waals surface area contributed by atoms with Crippen molar-refractivity contribution >= 4 is 0 Å². The van der Waals surface area contributed by atoms with Gasteiger partial charge < -0.3 is 5.32 Å². The van der Waals surface area contributed by atoms with Crippen LogP contribution in [0.1, 0.15) is 17.2 Å². The lowest BCUT2D eigenvalue weighted by atomic mass is 9.94. The van der Waals surface area contributed by atoms with Crippen molar-refractivity contribution in [2.24, 2.45) is 0 Å². The molecule has 0 aliphatic carbocycles. The highest BCUT2D eigenvalue weighted by atomic mass is 19.4. The van der Waals surface area contributed by atoms with Crippen LogP contribution >= 0.6 is 0 Å². The average molecular weight is 201 g/mol. The Morgan fingerprint density at radius 3 is 2.64 bits per heavy atom. The molecule has 0 saturated carbocycles. The Balaban J connectivity index is 2.41. The van der Waals surface area contributed by atoms with E-state index in [-0.39, 0.29) is 0 Å². The fourth-order valence-electron chi connectivity index (χ4n) is 1.80. The molecule has 1 aromatic rings. The monoisotopic (exact) mass is 201 g/mol. The summed E-state index contributed by atoms with van der Waals surface area (Å²) in [7, 11) is 0. The average Bonchev–Trinajstić information content (AvgIpc) is 2.15. The molecular weight excluding hydrogens is 191 g/mol. The number of hydrogen-bond acceptors (Lipinski definition) is 1. The summed E-state index contributed by atoms with van der Waals surface area (Å²) in [5.41, 5.74) is 1.17. The third kappa shape index (κ3) is 1.62. The molecule has 0 fully saturated rings. The van der Waals surface area contributed by atoms with E-state index in [4.69, 9.17) is 0 Å². The molecule has 4 heteroatoms. The molecule has 0 amide bonds. The third-order valence-corrected chi connectivity index (χ3v) is 2.44. The summed E-state index contributed by atoms with van der Waals surface area (Å²) in [6, 6.07) is 5.23. The maximum atomic E-state index is 12.6. The quantitative estimate of drug-likeness (QED) is 0.679. The van der Waals surface area contributed by atoms with Crippen molar-refractivity contribution in [3.8, 4) is 0 Å². The molecule has 2 rings (SSSR count). The molecule has 1 aromatic carbocycles. The van der Waals surface area contributed by atoms with Crippen LogP contribution in [0.15, 0.2) is 24.3 Å². The van der Waals surface area contributed by atoms with Gasteiger partial charge in [-0.05, 0) is 17.5 Å². The van der Waals surface area contributed by atoms with E-state index in [0.29, 0.717) is 18.5 Å². The van der Waals surface area contributed by atoms with Crippen LogP contribution in [0.25, 0.3) is 0 Å². The molecule has 1 heterocycles. The van der Waals surface area contributed by atoms with E-state index in [1.54, 1.807) is 24.3 Å². The minimum atomic E-state index is -4.20. The maximum Gasteiger partial charge on any atom is 0.407 e. The largest absolute Gasteiger partial charge is 0.407 e. The SMILES string of the molecule is FC(F)(F)[C@@H]1NCCc2ccccc21. The number of benzene rings is 1. The molecule has 14 heavy (non-hydrogen) atoms. The molecule has 1 aliphatic rings. The molecule has 0 unspecified atom stereocenters. The zero-order chi connectivity index (χ0) is 10.2. The van der Waals surface area contributed by atoms with E-state index in [0.717, 1.165) is 5.56 Å². The summed E-state index contributed by atoms with van der Waals surface area (Å²) in [6.07, 6.45) is -3.53. The molecule has 1 N–H and O–H groups in total. The molecular formula is C10H10F3N. The second-order valence-corrected chi connectivity index (χ2v) is 3.38. The van der Waals surface area contributed by atoms with Gasteiger partial charge in [0.15, 0.2) is 0 Å². The summed E-state index contributed by atoms with van der Waals surface area (Å²) in [5, 5.41) is 2.49. The second-order valence-electron chi connectivity index (χ2n) is 3.38. The number of nitrogens with one attached hydrogen (secondary N) is 1. The van der Waals surface area contributed by atoms with Gasteiger partial charge in [0.25, 0.3) is 0 Å². The maximum absolute atomic E-state index is 12.6. The third-order valence-electron chi connectivity index (χ3n) is 2.44. The molecule has 1 aliphatic heterocycles. The molecule has 0 aromatic heterocycles. The Kier molecular flexibility index (Phi) is 2.23. The molecule has 0 spiro atoms. The lowest BCUT2D eigenvalue weighted by Gasteiger charge is -2.28. The highest BCUT2D eigenvalue weighted by molar-refractivity contribution is 5.33. The predicted octanol–water partition coefficient (Wildman–Crippen LogP) is 2.44. The van der Waals surface area contributed by atoms with Gasteiger partial charge in [0.05, 0.1) is 0 Å². The Morgan fingerprint density at radius 1 is 1.21 bits per heavy atom. The first kappa shape index (κ1) is 9.52. The molecule has 1 atom stereocenters. The first-order chi connectivity index (χ1) is 6.59. The highest BCUT2D eigenvalue weighted by Crippen LogP contribution is 2.36. The minimum absolute atomic E-state index is 0.367. The van der Waals surface area contributed by atoms with Crippen molar-refractivity contribution in [1.82, 2.24) is 5.32 Å². The van der Waals surface area contributed by atoms with Crippen molar-refractivity contribution in [3.63, 3.8) is 0 Å². The lowest BCUT2D eigenvalue weighted by molar-refractivity contribution is -0.158. The number of alkyl halides is 3. The Morgan fingerprint density at radius 2 is 1.93 bits per heavy atom. The molecule has 0 saturated heterocycles. The number of hydrogen-bond donors (Lipinski definition) is 1. The van der Waals surface area contributed by atoms with Gasteiger partial charge in [-0.2, -0.15) is 13.2 Å². The Labute approximate surface area is 79.9 Å². The van der Waals surface area contributed by atoms with E-state index in [9.17, 15) is 13.2 Å². The van der Waals surface area contributed by atoms with Gasteiger partial charge in [-0.3, -0.25) is 0 Å². The van der Waals surface area contributed by atoms with Crippen LogP contribution in [0.3, 0.4) is 0 Å². The van der Waals surface area contributed by atoms with Crippen LogP contribution in [-0.2, 0) is 6.42 Å². The molecule has 1 nitrogen and oxygen atoms in total. The fraction of sp³-hybridized carbons (Fsp3) is 0.400. The van der Waals surface area contributed by atoms with Crippen molar-refractivity contribution < 1.29 is 13.2 Å². The summed E-state index contributed by atoms with van der Waals surface area (Å²) in [6.45, 7) is 0.390. The summed E-state index contributed by atoms with van der Waals surface area (Å²) >= 11 is 0. The van der Waals surface area contributed by atoms with E-state index >= 15 is 0 Å². The van der Waals surface area contributed by atoms with Gasteiger partial charge in [0.2, 0.25) is 0 Å². The molecule has 76 valence electrons. The summed E-state index contributed by atoms with van der Waals surface area (Å²) in [4.78, 5) is 0. The topological polar surface area (TPSA) is 12.0 Å². The fourth-order valence-corrected chi connectivity index (χ4v) is 1.80. The highest BCUT2D eigenvalue weighted by Gasteiger charge is 2.42. The lowest BCUT2D eigenvalue weighted by Crippen LogP contribution is -2.39. The van der Waals surface area contributed by atoms with Gasteiger partial charge in [-0.15, -0.1) is 0 Å². The van der Waals surface area contributed by atoms with Gasteiger partial charge in [-0.25, -0.2) is 0 Å². The normalized spacial score (nSPS) is 21.8. The van der Waals surface area contributed by atoms with Crippen molar-refractivity contribution in [3.05, 3.63) is 35.4 Å². The van der Waals surface area contributed by atoms with E-state index in [1.807, 2.05) is 0 Å². The smallest absolute Gasteiger partial charge is 0.302 e. The van der Waals surface area contributed by atoms with E-state index < -0.39 is 12.2 Å². The van der Waals surface area contributed by atoms with Crippen LogP contribution in [0, 0.1) is 0 Å². The minimum Gasteiger partial charge on any atom is -0.302 e. The van der Waals surface area contributed by atoms with Crippen molar-refractivity contribution in [2.45, 2.75) is 18.6 Å². The standard InChI is InChI=1S/C10H10F3N/c11-10(12,13)9-8-4-2-1-3-7(8)5-6-14-9/h1-4,9,14H,5-6H2/t9-/m1/s1. The number of halogens is 3. The van der Waals surface area contributed by atoms with Crippen LogP contribution < -0.4 is 5.32 Å². The zero-order valence-corrected chi connectivity index (χ0v) is 7.43. The van der Waals surface area contributed by atoms with Gasteiger partial charge in [0, 0.05) is 6.54 Å². The molecule has 0 radical (unpaired) electrons. The van der Waals surface area contributed by atoms with Crippen LogP contribution in [0.5, 0.6) is 0 Å². The summed E-state index contributed by atoms with van der Waals surface area (Å²) < 4.78 is 37.7. The first-order valence-corrected chi connectivity index (χ1v) is 4.47. The van der Waals surface area contributed by atoms with Crippen LogP contribution in [0.4, 0.5) is 13.2 Å². The van der Waals surface area contributed by atoms with Crippen molar-refractivity contribution in [2.75, 3.05) is 6.54 Å². The van der Waals surface area contributed by atoms with Crippen molar-refractivity contribution in [1.29, 1.82) is 0 Å².